The molecular formula is C21H34FN. The number of likely N-dealkylation sites (N-methyl/N-ethyl adjacent to an activating group) is 1. The first-order chi connectivity index (χ1) is 10.9. The van der Waals surface area contributed by atoms with E-state index in [9.17, 15) is 4.39 Å². The lowest BCUT2D eigenvalue weighted by atomic mass is 9.86. The van der Waals surface area contributed by atoms with Gasteiger partial charge in [-0.05, 0) is 64.4 Å². The van der Waals surface area contributed by atoms with E-state index >= 15 is 0 Å². The minimum absolute atomic E-state index is 0.0547. The molecule has 0 N–H and O–H groups in total. The summed E-state index contributed by atoms with van der Waals surface area (Å²) in [5, 5.41) is 0. The molecule has 0 aromatic heterocycles. The van der Waals surface area contributed by atoms with Gasteiger partial charge in [-0.2, -0.15) is 0 Å². The van der Waals surface area contributed by atoms with E-state index in [1.165, 1.54) is 16.7 Å². The smallest absolute Gasteiger partial charge is 0.0960 e. The van der Waals surface area contributed by atoms with Crippen molar-refractivity contribution in [1.82, 2.24) is 4.90 Å². The molecular weight excluding hydrogens is 285 g/mol. The molecule has 1 aliphatic rings. The Labute approximate surface area is 142 Å². The number of allylic oxidation sites excluding steroid dienone is 5. The first-order valence-electron chi connectivity index (χ1n) is 9.11. The van der Waals surface area contributed by atoms with Crippen molar-refractivity contribution in [2.75, 3.05) is 13.1 Å². The maximum absolute atomic E-state index is 13.2. The summed E-state index contributed by atoms with van der Waals surface area (Å²) in [5.41, 5.74) is 5.13. The number of halogens is 1. The lowest BCUT2D eigenvalue weighted by molar-refractivity contribution is 0.371. The molecule has 1 nitrogen and oxygen atoms in total. The maximum Gasteiger partial charge on any atom is 0.0960 e. The average Bonchev–Trinajstić information content (AvgIpc) is 2.56. The van der Waals surface area contributed by atoms with Gasteiger partial charge < -0.3 is 4.90 Å². The molecule has 1 rings (SSSR count). The van der Waals surface area contributed by atoms with Crippen LogP contribution in [0.25, 0.3) is 0 Å². The number of nitrogens with zero attached hydrogens (tertiary/aromatic N) is 1. The molecule has 0 saturated heterocycles. The second-order valence-corrected chi connectivity index (χ2v) is 6.58. The van der Waals surface area contributed by atoms with Gasteiger partial charge in [-0.15, -0.1) is 0 Å². The standard InChI is InChI=1S/C21H34FN/c1-7-14-23(9-3)18(6)21(16(4)8-2)15-17(5)19-10-12-20(22)13-11-19/h12,15,19H,6-11,13-14H2,1-5H3/b17-15+,21-16-. The molecule has 0 amide bonds. The third-order valence-corrected chi connectivity index (χ3v) is 4.93. The Hall–Kier alpha value is -1.31. The van der Waals surface area contributed by atoms with Gasteiger partial charge in [-0.3, -0.25) is 0 Å². The van der Waals surface area contributed by atoms with Crippen LogP contribution in [-0.4, -0.2) is 18.0 Å². The highest BCUT2D eigenvalue weighted by molar-refractivity contribution is 5.43. The number of hydrogen-bond donors (Lipinski definition) is 0. The van der Waals surface area contributed by atoms with Crippen LogP contribution in [0, 0.1) is 5.92 Å². The Morgan fingerprint density at radius 2 is 2.04 bits per heavy atom. The van der Waals surface area contributed by atoms with Gasteiger partial charge in [-0.25, -0.2) is 4.39 Å². The molecule has 1 unspecified atom stereocenters. The Kier molecular flexibility index (Phi) is 8.36. The largest absolute Gasteiger partial charge is 0.372 e. The van der Waals surface area contributed by atoms with Crippen LogP contribution in [0.4, 0.5) is 4.39 Å². The summed E-state index contributed by atoms with van der Waals surface area (Å²) in [5.74, 6) is 0.516. The Morgan fingerprint density at radius 3 is 2.52 bits per heavy atom. The third kappa shape index (κ3) is 5.67. The van der Waals surface area contributed by atoms with Gasteiger partial charge in [0.2, 0.25) is 0 Å². The molecule has 0 aliphatic heterocycles. The van der Waals surface area contributed by atoms with E-state index in [4.69, 9.17) is 0 Å². The van der Waals surface area contributed by atoms with Gasteiger partial charge in [0, 0.05) is 18.8 Å². The molecule has 1 aliphatic carbocycles. The Balaban J connectivity index is 3.04. The van der Waals surface area contributed by atoms with E-state index in [1.54, 1.807) is 6.08 Å². The fraction of sp³-hybridized carbons (Fsp3) is 0.619. The van der Waals surface area contributed by atoms with Crippen molar-refractivity contribution in [3.05, 3.63) is 47.0 Å². The second kappa shape index (κ2) is 9.75. The van der Waals surface area contributed by atoms with Crippen LogP contribution in [0.3, 0.4) is 0 Å². The molecule has 0 radical (unpaired) electrons. The van der Waals surface area contributed by atoms with Crippen LogP contribution in [-0.2, 0) is 0 Å². The first-order valence-corrected chi connectivity index (χ1v) is 9.11. The Morgan fingerprint density at radius 1 is 1.35 bits per heavy atom. The van der Waals surface area contributed by atoms with Crippen molar-refractivity contribution < 1.29 is 4.39 Å². The van der Waals surface area contributed by atoms with Crippen molar-refractivity contribution in [2.45, 2.75) is 66.7 Å². The summed E-state index contributed by atoms with van der Waals surface area (Å²) in [7, 11) is 0. The zero-order chi connectivity index (χ0) is 17.4. The molecule has 130 valence electrons. The monoisotopic (exact) mass is 319 g/mol. The van der Waals surface area contributed by atoms with E-state index in [2.05, 4.69) is 52.2 Å². The summed E-state index contributed by atoms with van der Waals surface area (Å²) in [6.45, 7) is 17.4. The van der Waals surface area contributed by atoms with Gasteiger partial charge in [-0.1, -0.05) is 43.7 Å². The quantitative estimate of drug-likeness (QED) is 0.458. The summed E-state index contributed by atoms with van der Waals surface area (Å²) in [6.07, 6.45) is 8.54. The first kappa shape index (κ1) is 19.7. The molecule has 0 saturated carbocycles. The fourth-order valence-electron chi connectivity index (χ4n) is 3.13. The topological polar surface area (TPSA) is 3.24 Å². The van der Waals surface area contributed by atoms with Crippen LogP contribution in [0.15, 0.2) is 47.0 Å². The lowest BCUT2D eigenvalue weighted by Crippen LogP contribution is -2.24. The normalized spacial score (nSPS) is 20.0. The van der Waals surface area contributed by atoms with Crippen molar-refractivity contribution in [2.24, 2.45) is 5.92 Å². The lowest BCUT2D eigenvalue weighted by Gasteiger charge is -2.28. The summed E-state index contributed by atoms with van der Waals surface area (Å²) < 4.78 is 13.2. The minimum Gasteiger partial charge on any atom is -0.372 e. The van der Waals surface area contributed by atoms with E-state index in [1.807, 2.05) is 0 Å². The average molecular weight is 320 g/mol. The zero-order valence-corrected chi connectivity index (χ0v) is 15.7. The predicted octanol–water partition coefficient (Wildman–Crippen LogP) is 6.56. The molecule has 0 fully saturated rings. The highest BCUT2D eigenvalue weighted by atomic mass is 19.1. The summed E-state index contributed by atoms with van der Waals surface area (Å²) >= 11 is 0. The van der Waals surface area contributed by atoms with Gasteiger partial charge in [0.25, 0.3) is 0 Å². The Bertz CT molecular complexity index is 496. The van der Waals surface area contributed by atoms with E-state index < -0.39 is 0 Å². The van der Waals surface area contributed by atoms with Gasteiger partial charge in [0.15, 0.2) is 0 Å². The van der Waals surface area contributed by atoms with Crippen LogP contribution in [0.1, 0.15) is 66.7 Å². The van der Waals surface area contributed by atoms with Crippen LogP contribution in [0.2, 0.25) is 0 Å². The van der Waals surface area contributed by atoms with E-state index in [0.29, 0.717) is 12.3 Å². The summed E-state index contributed by atoms with van der Waals surface area (Å²) in [4.78, 5) is 2.36. The number of hydrogen-bond acceptors (Lipinski definition) is 1. The van der Waals surface area contributed by atoms with E-state index in [0.717, 1.165) is 44.5 Å². The molecule has 1 atom stereocenters. The zero-order valence-electron chi connectivity index (χ0n) is 15.7. The number of rotatable bonds is 8. The molecule has 0 aromatic carbocycles. The van der Waals surface area contributed by atoms with Gasteiger partial charge in [0.1, 0.15) is 0 Å². The second-order valence-electron chi connectivity index (χ2n) is 6.58. The molecule has 2 heteroatoms. The van der Waals surface area contributed by atoms with Crippen molar-refractivity contribution in [3.63, 3.8) is 0 Å². The molecule has 0 bridgehead atoms. The SMILES string of the molecule is C=C(C(/C=C(\C)C1CC=C(F)CC1)=C(/C)CC)N(CC)CCC. The van der Waals surface area contributed by atoms with Crippen LogP contribution < -0.4 is 0 Å². The minimum atomic E-state index is 0.0547. The predicted molar refractivity (Wildman–Crippen MR) is 100.0 cm³/mol. The summed E-state index contributed by atoms with van der Waals surface area (Å²) in [6, 6.07) is 0. The molecule has 0 spiro atoms. The van der Waals surface area contributed by atoms with Gasteiger partial charge >= 0.3 is 0 Å². The molecule has 23 heavy (non-hydrogen) atoms. The van der Waals surface area contributed by atoms with Gasteiger partial charge in [0.05, 0.1) is 5.83 Å². The van der Waals surface area contributed by atoms with Crippen molar-refractivity contribution in [1.29, 1.82) is 0 Å². The van der Waals surface area contributed by atoms with Crippen LogP contribution >= 0.6 is 0 Å². The van der Waals surface area contributed by atoms with Crippen molar-refractivity contribution in [3.8, 4) is 0 Å². The van der Waals surface area contributed by atoms with E-state index in [-0.39, 0.29) is 5.83 Å². The van der Waals surface area contributed by atoms with Crippen LogP contribution in [0.5, 0.6) is 0 Å². The van der Waals surface area contributed by atoms with Crippen molar-refractivity contribution >= 4 is 0 Å². The molecule has 0 aromatic rings. The third-order valence-electron chi connectivity index (χ3n) is 4.93. The highest BCUT2D eigenvalue weighted by Crippen LogP contribution is 2.32. The molecule has 0 heterocycles. The highest BCUT2D eigenvalue weighted by Gasteiger charge is 2.18. The fourth-order valence-corrected chi connectivity index (χ4v) is 3.13. The maximum atomic E-state index is 13.2.